The molecule has 5 nitrogen and oxygen atoms in total. The third kappa shape index (κ3) is 4.41. The summed E-state index contributed by atoms with van der Waals surface area (Å²) in [7, 11) is -3.74. The van der Waals surface area contributed by atoms with Gasteiger partial charge in [-0.15, -0.1) is 0 Å². The number of benzene rings is 2. The van der Waals surface area contributed by atoms with Gasteiger partial charge in [-0.3, -0.25) is 0 Å². The van der Waals surface area contributed by atoms with Crippen LogP contribution in [0, 0.1) is 5.82 Å². The van der Waals surface area contributed by atoms with Gasteiger partial charge in [-0.25, -0.2) is 17.6 Å². The van der Waals surface area contributed by atoms with Crippen molar-refractivity contribution in [1.29, 1.82) is 0 Å². The number of sulfonamides is 1. The number of ether oxygens (including phenoxy) is 1. The molecule has 0 unspecified atom stereocenters. The Morgan fingerprint density at radius 3 is 2.42 bits per heavy atom. The molecule has 0 atom stereocenters. The van der Waals surface area contributed by atoms with Gasteiger partial charge in [0.1, 0.15) is 12.4 Å². The second kappa shape index (κ2) is 8.62. The molecule has 0 aliphatic rings. The Morgan fingerprint density at radius 1 is 1.15 bits per heavy atom. The fraction of sp³-hybridized carbons (Fsp3) is 0.278. The molecule has 0 fully saturated rings. The standard InChI is InChI=1S/C18H19ClFNO4S/c1-3-21(4-2)26(23,24)14-9-10-16(19)15(11-14)18(22)25-12-13-7-5-6-8-17(13)20/h5-11H,3-4,12H2,1-2H3. The maximum Gasteiger partial charge on any atom is 0.340 e. The van der Waals surface area contributed by atoms with Crippen molar-refractivity contribution in [2.75, 3.05) is 13.1 Å². The number of hydrogen-bond donors (Lipinski definition) is 0. The number of esters is 1. The molecule has 26 heavy (non-hydrogen) atoms. The molecule has 0 saturated heterocycles. The molecule has 0 aliphatic heterocycles. The minimum Gasteiger partial charge on any atom is -0.457 e. The van der Waals surface area contributed by atoms with Gasteiger partial charge in [0.05, 0.1) is 15.5 Å². The average Bonchev–Trinajstić information content (AvgIpc) is 2.61. The van der Waals surface area contributed by atoms with E-state index in [-0.39, 0.29) is 27.7 Å². The van der Waals surface area contributed by atoms with E-state index >= 15 is 0 Å². The fourth-order valence-corrected chi connectivity index (χ4v) is 4.05. The van der Waals surface area contributed by atoms with E-state index in [0.29, 0.717) is 13.1 Å². The molecule has 140 valence electrons. The Kier molecular flexibility index (Phi) is 6.75. The van der Waals surface area contributed by atoms with Crippen molar-refractivity contribution in [3.05, 3.63) is 64.4 Å². The number of nitrogens with zero attached hydrogens (tertiary/aromatic N) is 1. The number of hydrogen-bond acceptors (Lipinski definition) is 4. The van der Waals surface area contributed by atoms with Crippen LogP contribution in [0.25, 0.3) is 0 Å². The van der Waals surface area contributed by atoms with E-state index in [0.717, 1.165) is 0 Å². The Labute approximate surface area is 157 Å². The Morgan fingerprint density at radius 2 is 1.81 bits per heavy atom. The highest BCUT2D eigenvalue weighted by molar-refractivity contribution is 7.89. The molecule has 2 aromatic rings. The minimum absolute atomic E-state index is 0.0524. The van der Waals surface area contributed by atoms with Gasteiger partial charge in [-0.1, -0.05) is 43.6 Å². The van der Waals surface area contributed by atoms with Gasteiger partial charge in [0.2, 0.25) is 10.0 Å². The Balaban J connectivity index is 2.26. The van der Waals surface area contributed by atoms with E-state index in [4.69, 9.17) is 16.3 Å². The van der Waals surface area contributed by atoms with Gasteiger partial charge in [0, 0.05) is 18.7 Å². The van der Waals surface area contributed by atoms with Gasteiger partial charge in [0.15, 0.2) is 0 Å². The fourth-order valence-electron chi connectivity index (χ4n) is 2.37. The van der Waals surface area contributed by atoms with Crippen LogP contribution >= 0.6 is 11.6 Å². The maximum atomic E-state index is 13.6. The summed E-state index contributed by atoms with van der Waals surface area (Å²) >= 11 is 6.02. The van der Waals surface area contributed by atoms with Crippen LogP contribution in [0.2, 0.25) is 5.02 Å². The van der Waals surface area contributed by atoms with Gasteiger partial charge in [-0.2, -0.15) is 4.31 Å². The summed E-state index contributed by atoms with van der Waals surface area (Å²) in [6, 6.07) is 9.75. The van der Waals surface area contributed by atoms with Gasteiger partial charge >= 0.3 is 5.97 Å². The highest BCUT2D eigenvalue weighted by atomic mass is 35.5. The van der Waals surface area contributed by atoms with E-state index in [1.807, 2.05) is 0 Å². The lowest BCUT2D eigenvalue weighted by Crippen LogP contribution is -2.30. The smallest absolute Gasteiger partial charge is 0.340 e. The summed E-state index contributed by atoms with van der Waals surface area (Å²) in [6.07, 6.45) is 0. The predicted molar refractivity (Wildman–Crippen MR) is 97.1 cm³/mol. The van der Waals surface area contributed by atoms with Crippen LogP contribution < -0.4 is 0 Å². The molecule has 0 aromatic heterocycles. The maximum absolute atomic E-state index is 13.6. The minimum atomic E-state index is -3.74. The zero-order chi connectivity index (χ0) is 19.3. The van der Waals surface area contributed by atoms with Crippen molar-refractivity contribution < 1.29 is 22.3 Å². The van der Waals surface area contributed by atoms with E-state index in [1.54, 1.807) is 19.9 Å². The molecule has 8 heteroatoms. The molecule has 0 amide bonds. The first-order valence-electron chi connectivity index (χ1n) is 8.01. The highest BCUT2D eigenvalue weighted by Gasteiger charge is 2.24. The van der Waals surface area contributed by atoms with Crippen LogP contribution in [0.3, 0.4) is 0 Å². The molecule has 0 spiro atoms. The molecule has 0 bridgehead atoms. The molecular weight excluding hydrogens is 381 g/mol. The Hall–Kier alpha value is -1.96. The molecule has 0 radical (unpaired) electrons. The van der Waals surface area contributed by atoms with Crippen LogP contribution in [0.5, 0.6) is 0 Å². The average molecular weight is 400 g/mol. The second-order valence-electron chi connectivity index (χ2n) is 5.40. The first-order valence-corrected chi connectivity index (χ1v) is 9.83. The van der Waals surface area contributed by atoms with E-state index < -0.39 is 21.8 Å². The lowest BCUT2D eigenvalue weighted by atomic mass is 10.2. The molecular formula is C18H19ClFNO4S. The van der Waals surface area contributed by atoms with Crippen LogP contribution in [0.4, 0.5) is 4.39 Å². The van der Waals surface area contributed by atoms with Crippen LogP contribution in [-0.2, 0) is 21.4 Å². The zero-order valence-electron chi connectivity index (χ0n) is 14.4. The van der Waals surface area contributed by atoms with Gasteiger partial charge in [-0.05, 0) is 24.3 Å². The lowest BCUT2D eigenvalue weighted by Gasteiger charge is -2.19. The van der Waals surface area contributed by atoms with Crippen molar-refractivity contribution in [2.24, 2.45) is 0 Å². The summed E-state index contributed by atoms with van der Waals surface area (Å²) in [5.41, 5.74) is 0.125. The topological polar surface area (TPSA) is 63.7 Å². The molecule has 0 saturated carbocycles. The summed E-state index contributed by atoms with van der Waals surface area (Å²) in [5.74, 6) is -1.32. The molecule has 2 aromatic carbocycles. The van der Waals surface area contributed by atoms with Crippen LogP contribution in [-0.4, -0.2) is 31.8 Å². The number of halogens is 2. The third-order valence-corrected chi connectivity index (χ3v) is 6.19. The third-order valence-electron chi connectivity index (χ3n) is 3.82. The molecule has 2 rings (SSSR count). The van der Waals surface area contributed by atoms with Crippen molar-refractivity contribution in [1.82, 2.24) is 4.31 Å². The number of rotatable bonds is 7. The normalized spacial score (nSPS) is 11.6. The SMILES string of the molecule is CCN(CC)S(=O)(=O)c1ccc(Cl)c(C(=O)OCc2ccccc2F)c1. The van der Waals surface area contributed by atoms with E-state index in [9.17, 15) is 17.6 Å². The Bertz CT molecular complexity index is 898. The second-order valence-corrected chi connectivity index (χ2v) is 7.74. The van der Waals surface area contributed by atoms with Crippen molar-refractivity contribution in [3.63, 3.8) is 0 Å². The summed E-state index contributed by atoms with van der Waals surface area (Å²) in [4.78, 5) is 12.2. The van der Waals surface area contributed by atoms with Gasteiger partial charge in [0.25, 0.3) is 0 Å². The van der Waals surface area contributed by atoms with E-state index in [1.165, 1.54) is 40.7 Å². The predicted octanol–water partition coefficient (Wildman–Crippen LogP) is 3.87. The van der Waals surface area contributed by atoms with E-state index in [2.05, 4.69) is 0 Å². The highest BCUT2D eigenvalue weighted by Crippen LogP contribution is 2.24. The number of carbonyl (C=O) groups excluding carboxylic acids is 1. The summed E-state index contributed by atoms with van der Waals surface area (Å²) < 4.78 is 45.1. The summed E-state index contributed by atoms with van der Waals surface area (Å²) in [6.45, 7) is 3.76. The summed E-state index contributed by atoms with van der Waals surface area (Å²) in [5, 5.41) is 0.0574. The lowest BCUT2D eigenvalue weighted by molar-refractivity contribution is 0.0469. The van der Waals surface area contributed by atoms with Crippen molar-refractivity contribution in [2.45, 2.75) is 25.3 Å². The van der Waals surface area contributed by atoms with Gasteiger partial charge < -0.3 is 4.74 Å². The quantitative estimate of drug-likeness (QED) is 0.663. The number of carbonyl (C=O) groups is 1. The first kappa shape index (κ1) is 20.4. The van der Waals surface area contributed by atoms with Crippen LogP contribution in [0.15, 0.2) is 47.4 Å². The molecule has 0 aliphatic carbocycles. The molecule has 0 N–H and O–H groups in total. The van der Waals surface area contributed by atoms with Crippen molar-refractivity contribution in [3.8, 4) is 0 Å². The first-order chi connectivity index (χ1) is 12.3. The monoisotopic (exact) mass is 399 g/mol. The zero-order valence-corrected chi connectivity index (χ0v) is 16.0. The van der Waals surface area contributed by atoms with Crippen LogP contribution in [0.1, 0.15) is 29.8 Å². The van der Waals surface area contributed by atoms with Crippen molar-refractivity contribution >= 4 is 27.6 Å². The molecule has 0 heterocycles. The largest absolute Gasteiger partial charge is 0.457 e.